The summed E-state index contributed by atoms with van der Waals surface area (Å²) in [5, 5.41) is 3.78. The van der Waals surface area contributed by atoms with Gasteiger partial charge in [0.25, 0.3) is 5.91 Å². The lowest BCUT2D eigenvalue weighted by atomic mass is 10.0. The number of anilines is 1. The average molecular weight is 398 g/mol. The largest absolute Gasteiger partial charge is 0.497 e. The number of nitrogens with one attached hydrogen (secondary N) is 1. The van der Waals surface area contributed by atoms with Crippen LogP contribution in [-0.4, -0.2) is 25.1 Å². The first kappa shape index (κ1) is 19.5. The molecule has 0 saturated heterocycles. The van der Waals surface area contributed by atoms with Crippen LogP contribution in [0.25, 0.3) is 22.2 Å². The minimum atomic E-state index is -0.228. The summed E-state index contributed by atoms with van der Waals surface area (Å²) in [6, 6.07) is 22.9. The highest BCUT2D eigenvalue weighted by atomic mass is 16.5. The van der Waals surface area contributed by atoms with Crippen LogP contribution in [0.3, 0.4) is 0 Å². The van der Waals surface area contributed by atoms with Gasteiger partial charge in [0, 0.05) is 17.0 Å². The molecule has 0 aliphatic carbocycles. The highest BCUT2D eigenvalue weighted by molar-refractivity contribution is 6.13. The topological polar surface area (TPSA) is 60.5 Å². The summed E-state index contributed by atoms with van der Waals surface area (Å²) in [6.45, 7) is 2.00. The van der Waals surface area contributed by atoms with E-state index in [1.54, 1.807) is 32.4 Å². The first-order chi connectivity index (χ1) is 14.6. The van der Waals surface area contributed by atoms with Gasteiger partial charge in [-0.2, -0.15) is 0 Å². The van der Waals surface area contributed by atoms with Gasteiger partial charge >= 0.3 is 0 Å². The zero-order valence-corrected chi connectivity index (χ0v) is 17.1. The minimum Gasteiger partial charge on any atom is -0.497 e. The first-order valence-corrected chi connectivity index (χ1v) is 9.59. The van der Waals surface area contributed by atoms with E-state index in [0.29, 0.717) is 22.7 Å². The molecule has 4 aromatic rings. The highest BCUT2D eigenvalue weighted by Gasteiger charge is 2.16. The summed E-state index contributed by atoms with van der Waals surface area (Å²) in [5.41, 5.74) is 4.67. The maximum Gasteiger partial charge on any atom is 0.256 e. The number of benzene rings is 3. The van der Waals surface area contributed by atoms with Crippen LogP contribution >= 0.6 is 0 Å². The monoisotopic (exact) mass is 398 g/mol. The van der Waals surface area contributed by atoms with Crippen LogP contribution in [0.15, 0.2) is 72.8 Å². The molecule has 30 heavy (non-hydrogen) atoms. The third-order valence-electron chi connectivity index (χ3n) is 4.94. The van der Waals surface area contributed by atoms with E-state index in [1.807, 2.05) is 61.5 Å². The fourth-order valence-corrected chi connectivity index (χ4v) is 3.38. The SMILES string of the molecule is COc1ccc(NC(=O)c2cc(-c3ccccc3)nc3ccc(C)cc23)c(OC)c1. The number of hydrogen-bond acceptors (Lipinski definition) is 4. The lowest BCUT2D eigenvalue weighted by Crippen LogP contribution is -2.14. The molecule has 0 unspecified atom stereocenters. The van der Waals surface area contributed by atoms with E-state index in [2.05, 4.69) is 5.32 Å². The number of aromatic nitrogens is 1. The highest BCUT2D eigenvalue weighted by Crippen LogP contribution is 2.31. The molecule has 1 N–H and O–H groups in total. The van der Waals surface area contributed by atoms with Gasteiger partial charge in [-0.3, -0.25) is 4.79 Å². The van der Waals surface area contributed by atoms with Crippen LogP contribution < -0.4 is 14.8 Å². The molecule has 0 fully saturated rings. The summed E-state index contributed by atoms with van der Waals surface area (Å²) < 4.78 is 10.7. The molecular formula is C25H22N2O3. The number of carbonyl (C=O) groups is 1. The lowest BCUT2D eigenvalue weighted by molar-refractivity contribution is 0.102. The van der Waals surface area contributed by atoms with E-state index in [4.69, 9.17) is 14.5 Å². The predicted molar refractivity (Wildman–Crippen MR) is 119 cm³/mol. The van der Waals surface area contributed by atoms with Crippen LogP contribution in [0.2, 0.25) is 0 Å². The molecule has 0 aliphatic rings. The van der Waals surface area contributed by atoms with E-state index in [9.17, 15) is 4.79 Å². The number of carbonyl (C=O) groups excluding carboxylic acids is 1. The molecule has 1 heterocycles. The predicted octanol–water partition coefficient (Wildman–Crippen LogP) is 5.48. The Balaban J connectivity index is 1.81. The zero-order valence-electron chi connectivity index (χ0n) is 17.1. The molecule has 5 heteroatoms. The number of hydrogen-bond donors (Lipinski definition) is 1. The smallest absolute Gasteiger partial charge is 0.256 e. The maximum absolute atomic E-state index is 13.3. The molecule has 1 amide bonds. The lowest BCUT2D eigenvalue weighted by Gasteiger charge is -2.14. The number of nitrogens with zero attached hydrogens (tertiary/aromatic N) is 1. The van der Waals surface area contributed by atoms with E-state index in [1.165, 1.54) is 0 Å². The molecule has 4 rings (SSSR count). The fraction of sp³-hybridized carbons (Fsp3) is 0.120. The third-order valence-corrected chi connectivity index (χ3v) is 4.94. The summed E-state index contributed by atoms with van der Waals surface area (Å²) in [6.07, 6.45) is 0. The molecule has 150 valence electrons. The Hall–Kier alpha value is -3.86. The van der Waals surface area contributed by atoms with Crippen LogP contribution in [0.1, 0.15) is 15.9 Å². The molecule has 0 saturated carbocycles. The van der Waals surface area contributed by atoms with Crippen molar-refractivity contribution in [1.29, 1.82) is 0 Å². The van der Waals surface area contributed by atoms with Crippen LogP contribution in [0.4, 0.5) is 5.69 Å². The van der Waals surface area contributed by atoms with Crippen LogP contribution in [-0.2, 0) is 0 Å². The summed E-state index contributed by atoms with van der Waals surface area (Å²) in [7, 11) is 3.15. The molecule has 0 spiro atoms. The Morgan fingerprint density at radius 1 is 0.900 bits per heavy atom. The molecule has 5 nitrogen and oxygen atoms in total. The van der Waals surface area contributed by atoms with Crippen molar-refractivity contribution in [3.8, 4) is 22.8 Å². The summed E-state index contributed by atoms with van der Waals surface area (Å²) in [5.74, 6) is 0.954. The molecule has 0 atom stereocenters. The summed E-state index contributed by atoms with van der Waals surface area (Å²) in [4.78, 5) is 18.1. The number of pyridine rings is 1. The van der Waals surface area contributed by atoms with Gasteiger partial charge in [-0.05, 0) is 37.3 Å². The Morgan fingerprint density at radius 3 is 2.43 bits per heavy atom. The van der Waals surface area contributed by atoms with Gasteiger partial charge in [-0.1, -0.05) is 42.0 Å². The van der Waals surface area contributed by atoms with Crippen molar-refractivity contribution >= 4 is 22.5 Å². The molecular weight excluding hydrogens is 376 g/mol. The Labute approximate surface area is 175 Å². The molecule has 1 aromatic heterocycles. The molecule has 3 aromatic carbocycles. The van der Waals surface area contributed by atoms with Crippen molar-refractivity contribution in [2.75, 3.05) is 19.5 Å². The second kappa shape index (κ2) is 8.25. The molecule has 0 aliphatic heterocycles. The van der Waals surface area contributed by atoms with Crippen molar-refractivity contribution in [3.63, 3.8) is 0 Å². The van der Waals surface area contributed by atoms with Gasteiger partial charge in [0.05, 0.1) is 36.7 Å². The zero-order chi connectivity index (χ0) is 21.1. The number of aryl methyl sites for hydroxylation is 1. The Morgan fingerprint density at radius 2 is 1.70 bits per heavy atom. The van der Waals surface area contributed by atoms with E-state index >= 15 is 0 Å². The Bertz CT molecular complexity index is 1220. The summed E-state index contributed by atoms with van der Waals surface area (Å²) >= 11 is 0. The average Bonchev–Trinajstić information content (AvgIpc) is 2.79. The van der Waals surface area contributed by atoms with Gasteiger partial charge < -0.3 is 14.8 Å². The molecule has 0 radical (unpaired) electrons. The van der Waals surface area contributed by atoms with Crippen molar-refractivity contribution in [2.24, 2.45) is 0 Å². The number of rotatable bonds is 5. The van der Waals surface area contributed by atoms with Crippen molar-refractivity contribution in [2.45, 2.75) is 6.92 Å². The van der Waals surface area contributed by atoms with Gasteiger partial charge in [0.15, 0.2) is 0 Å². The number of methoxy groups -OCH3 is 2. The van der Waals surface area contributed by atoms with Gasteiger partial charge in [-0.15, -0.1) is 0 Å². The number of ether oxygens (including phenoxy) is 2. The quantitative estimate of drug-likeness (QED) is 0.484. The van der Waals surface area contributed by atoms with Gasteiger partial charge in [0.2, 0.25) is 0 Å². The van der Waals surface area contributed by atoms with Crippen LogP contribution in [0.5, 0.6) is 11.5 Å². The number of fused-ring (bicyclic) bond motifs is 1. The molecule has 0 bridgehead atoms. The van der Waals surface area contributed by atoms with E-state index in [-0.39, 0.29) is 5.91 Å². The van der Waals surface area contributed by atoms with Gasteiger partial charge in [-0.25, -0.2) is 4.98 Å². The second-order valence-electron chi connectivity index (χ2n) is 6.96. The van der Waals surface area contributed by atoms with Crippen molar-refractivity contribution in [3.05, 3.63) is 83.9 Å². The second-order valence-corrected chi connectivity index (χ2v) is 6.96. The first-order valence-electron chi connectivity index (χ1n) is 9.59. The van der Waals surface area contributed by atoms with Crippen molar-refractivity contribution in [1.82, 2.24) is 4.98 Å². The standard InChI is InChI=1S/C25H22N2O3/c1-16-9-11-21-19(13-16)20(15-23(26-21)17-7-5-4-6-8-17)25(28)27-22-12-10-18(29-2)14-24(22)30-3/h4-15H,1-3H3,(H,27,28). The Kier molecular flexibility index (Phi) is 5.35. The van der Waals surface area contributed by atoms with Gasteiger partial charge in [0.1, 0.15) is 11.5 Å². The minimum absolute atomic E-state index is 0.228. The van der Waals surface area contributed by atoms with E-state index in [0.717, 1.165) is 27.7 Å². The van der Waals surface area contributed by atoms with Crippen LogP contribution in [0, 0.1) is 6.92 Å². The third kappa shape index (κ3) is 3.82. The maximum atomic E-state index is 13.3. The van der Waals surface area contributed by atoms with Crippen molar-refractivity contribution < 1.29 is 14.3 Å². The normalized spacial score (nSPS) is 10.6. The van der Waals surface area contributed by atoms with E-state index < -0.39 is 0 Å². The fourth-order valence-electron chi connectivity index (χ4n) is 3.38. The number of amides is 1.